The number of nitrogens with one attached hydrogen (secondary N) is 2. The van der Waals surface area contributed by atoms with E-state index in [-0.39, 0.29) is 53.1 Å². The maximum atomic E-state index is 13.6. The maximum Gasteiger partial charge on any atom is 0.300 e. The molecule has 4 aliphatic rings. The lowest BCUT2D eigenvalue weighted by Gasteiger charge is -2.39. The number of carbonyl (C=O) groups is 2. The quantitative estimate of drug-likeness (QED) is 0.472. The number of benzene rings is 1. The predicted molar refractivity (Wildman–Crippen MR) is 110 cm³/mol. The summed E-state index contributed by atoms with van der Waals surface area (Å²) in [6.45, 7) is 1.83. The second-order valence-corrected chi connectivity index (χ2v) is 8.67. The van der Waals surface area contributed by atoms with Crippen LogP contribution in [-0.2, 0) is 14.3 Å². The smallest absolute Gasteiger partial charge is 0.300 e. The van der Waals surface area contributed by atoms with Crippen molar-refractivity contribution in [3.8, 4) is 0 Å². The average molecular weight is 443 g/mol. The number of piperazine rings is 1. The van der Waals surface area contributed by atoms with E-state index in [9.17, 15) is 14.7 Å². The molecule has 4 unspecified atom stereocenters. The van der Waals surface area contributed by atoms with Crippen molar-refractivity contribution in [2.24, 2.45) is 5.92 Å². The van der Waals surface area contributed by atoms with Crippen LogP contribution in [0, 0.1) is 5.92 Å². The van der Waals surface area contributed by atoms with Crippen LogP contribution in [0.5, 0.6) is 0 Å². The van der Waals surface area contributed by atoms with Crippen LogP contribution in [0.15, 0.2) is 45.2 Å². The van der Waals surface area contributed by atoms with Gasteiger partial charge in [0.05, 0.1) is 30.0 Å². The van der Waals surface area contributed by atoms with Gasteiger partial charge in [0, 0.05) is 35.9 Å². The Bertz CT molecular complexity index is 1250. The minimum absolute atomic E-state index is 0.0423. The maximum absolute atomic E-state index is 13.6. The summed E-state index contributed by atoms with van der Waals surface area (Å²) < 4.78 is 11.6. The van der Waals surface area contributed by atoms with Crippen LogP contribution in [0.25, 0.3) is 11.1 Å². The van der Waals surface area contributed by atoms with E-state index in [1.54, 1.807) is 32.2 Å². The van der Waals surface area contributed by atoms with Gasteiger partial charge < -0.3 is 29.8 Å². The van der Waals surface area contributed by atoms with E-state index in [0.29, 0.717) is 28.4 Å². The number of aromatic nitrogens is 1. The Balaban J connectivity index is 1.41. The summed E-state index contributed by atoms with van der Waals surface area (Å²) in [5, 5.41) is 17.0. The third kappa shape index (κ3) is 2.29. The molecule has 1 aromatic heterocycles. The van der Waals surface area contributed by atoms with Crippen molar-refractivity contribution in [1.29, 1.82) is 0 Å². The number of oxazole rings is 1. The summed E-state index contributed by atoms with van der Waals surface area (Å²) in [6.07, 6.45) is 0. The van der Waals surface area contributed by atoms with Crippen molar-refractivity contribution in [1.82, 2.24) is 15.2 Å². The molecule has 1 aliphatic carbocycles. The van der Waals surface area contributed by atoms with Crippen molar-refractivity contribution < 1.29 is 23.8 Å². The molecule has 31 heavy (non-hydrogen) atoms. The second kappa shape index (κ2) is 6.17. The SMILES string of the molecule is COC12C(CO)C3=C(C(=O)C(C)=C(Nc4nc5cc(Cl)ccc5o4)C3=O)N1CC1NC12. The van der Waals surface area contributed by atoms with Gasteiger partial charge >= 0.3 is 0 Å². The molecule has 6 rings (SSSR count). The summed E-state index contributed by atoms with van der Waals surface area (Å²) in [7, 11) is 1.55. The third-order valence-electron chi connectivity index (χ3n) is 6.80. The zero-order valence-electron chi connectivity index (χ0n) is 16.7. The summed E-state index contributed by atoms with van der Waals surface area (Å²) in [4.78, 5) is 33.1. The number of ketones is 2. The van der Waals surface area contributed by atoms with Gasteiger partial charge in [-0.1, -0.05) is 11.6 Å². The number of aliphatic hydroxyl groups excluding tert-OH is 1. The van der Waals surface area contributed by atoms with Crippen molar-refractivity contribution in [2.45, 2.75) is 24.7 Å². The number of carbonyl (C=O) groups excluding carboxylic acids is 2. The Hall–Kier alpha value is -2.72. The first kappa shape index (κ1) is 19.0. The van der Waals surface area contributed by atoms with Gasteiger partial charge in [-0.3, -0.25) is 9.59 Å². The fourth-order valence-corrected chi connectivity index (χ4v) is 5.52. The van der Waals surface area contributed by atoms with Gasteiger partial charge in [-0.2, -0.15) is 4.98 Å². The fourth-order valence-electron chi connectivity index (χ4n) is 5.36. The highest BCUT2D eigenvalue weighted by Crippen LogP contribution is 2.55. The Labute approximate surface area is 181 Å². The van der Waals surface area contributed by atoms with Gasteiger partial charge in [0.25, 0.3) is 6.01 Å². The van der Waals surface area contributed by atoms with E-state index in [1.165, 1.54) is 0 Å². The second-order valence-electron chi connectivity index (χ2n) is 8.23. The van der Waals surface area contributed by atoms with E-state index in [1.807, 2.05) is 4.90 Å². The first-order chi connectivity index (χ1) is 14.9. The van der Waals surface area contributed by atoms with Gasteiger partial charge in [0.1, 0.15) is 5.52 Å². The summed E-state index contributed by atoms with van der Waals surface area (Å²) in [5.41, 5.74) is 1.04. The summed E-state index contributed by atoms with van der Waals surface area (Å²) >= 11 is 6.01. The van der Waals surface area contributed by atoms with Crippen LogP contribution in [0.3, 0.4) is 0 Å². The molecule has 9 nitrogen and oxygen atoms in total. The topological polar surface area (TPSA) is 127 Å². The first-order valence-corrected chi connectivity index (χ1v) is 10.4. The van der Waals surface area contributed by atoms with Crippen molar-refractivity contribution in [3.05, 3.63) is 45.8 Å². The van der Waals surface area contributed by atoms with Crippen molar-refractivity contribution in [2.75, 3.05) is 25.6 Å². The van der Waals surface area contributed by atoms with E-state index >= 15 is 0 Å². The molecule has 0 radical (unpaired) electrons. The van der Waals surface area contributed by atoms with E-state index in [4.69, 9.17) is 20.8 Å². The van der Waals surface area contributed by atoms with Gasteiger partial charge in [0.2, 0.25) is 11.6 Å². The molecule has 3 N–H and O–H groups in total. The van der Waals surface area contributed by atoms with Crippen LogP contribution in [0.1, 0.15) is 6.92 Å². The average Bonchev–Trinajstić information content (AvgIpc) is 3.16. The number of allylic oxidation sites excluding steroid dienone is 2. The highest BCUT2D eigenvalue weighted by Gasteiger charge is 2.72. The standard InChI is InChI=1S/C21H19ClN4O5/c1-8-15(25-20-24-11-5-9(22)3-4-13(11)31-20)18(29)14-10(7-27)21(30-2)19-12(23-19)6-26(21)16(14)17(8)28/h3-5,10,12,19,23,27H,6-7H2,1-2H3,(H,24,25). The molecule has 0 spiro atoms. The molecule has 0 bridgehead atoms. The number of halogens is 1. The van der Waals surface area contributed by atoms with Crippen LogP contribution in [0.2, 0.25) is 5.02 Å². The van der Waals surface area contributed by atoms with Crippen molar-refractivity contribution >= 4 is 40.3 Å². The molecule has 1 aromatic carbocycles. The minimum atomic E-state index is -0.945. The van der Waals surface area contributed by atoms with E-state index in [2.05, 4.69) is 15.6 Å². The number of fused-ring (bicyclic) bond motifs is 5. The van der Waals surface area contributed by atoms with E-state index in [0.717, 1.165) is 0 Å². The molecule has 0 amide bonds. The fraction of sp³-hybridized carbons (Fsp3) is 0.381. The number of hydrogen-bond acceptors (Lipinski definition) is 9. The molecule has 4 atom stereocenters. The minimum Gasteiger partial charge on any atom is -0.423 e. The number of anilines is 1. The molecule has 3 aliphatic heterocycles. The molecular weight excluding hydrogens is 424 g/mol. The van der Waals surface area contributed by atoms with Gasteiger partial charge in [0.15, 0.2) is 11.3 Å². The molecular formula is C21H19ClN4O5. The number of aliphatic hydroxyl groups is 1. The number of rotatable bonds is 4. The normalized spacial score (nSPS) is 31.5. The van der Waals surface area contributed by atoms with Gasteiger partial charge in [-0.25, -0.2) is 0 Å². The Kier molecular flexibility index (Phi) is 3.78. The number of methoxy groups -OCH3 is 1. The van der Waals surface area contributed by atoms with Crippen LogP contribution < -0.4 is 10.6 Å². The van der Waals surface area contributed by atoms with E-state index < -0.39 is 11.6 Å². The molecule has 4 heterocycles. The van der Waals surface area contributed by atoms with Crippen molar-refractivity contribution in [3.63, 3.8) is 0 Å². The molecule has 160 valence electrons. The number of Topliss-reactive ketones (excluding diaryl/α,β-unsaturated/α-hetero) is 2. The molecule has 10 heteroatoms. The van der Waals surface area contributed by atoms with Crippen LogP contribution in [-0.4, -0.2) is 64.6 Å². The first-order valence-electron chi connectivity index (χ1n) is 9.98. The lowest BCUT2D eigenvalue weighted by molar-refractivity contribution is -0.137. The summed E-state index contributed by atoms with van der Waals surface area (Å²) in [6, 6.07) is 5.23. The summed E-state index contributed by atoms with van der Waals surface area (Å²) in [5.74, 6) is -1.29. The number of ether oxygens (including phenoxy) is 1. The molecule has 2 saturated heterocycles. The predicted octanol–water partition coefficient (Wildman–Crippen LogP) is 1.19. The Morgan fingerprint density at radius 1 is 1.42 bits per heavy atom. The molecule has 2 fully saturated rings. The molecule has 0 saturated carbocycles. The highest BCUT2D eigenvalue weighted by atomic mass is 35.5. The Morgan fingerprint density at radius 3 is 2.97 bits per heavy atom. The largest absolute Gasteiger partial charge is 0.423 e. The van der Waals surface area contributed by atoms with Crippen LogP contribution in [0.4, 0.5) is 6.01 Å². The van der Waals surface area contributed by atoms with Gasteiger partial charge in [-0.05, 0) is 25.1 Å². The number of hydrogen-bond donors (Lipinski definition) is 3. The Morgan fingerprint density at radius 2 is 2.23 bits per heavy atom. The molecule has 2 aromatic rings. The van der Waals surface area contributed by atoms with Gasteiger partial charge in [-0.15, -0.1) is 0 Å². The monoisotopic (exact) mass is 442 g/mol. The third-order valence-corrected chi connectivity index (χ3v) is 7.03. The number of nitrogens with zero attached hydrogens (tertiary/aromatic N) is 2. The van der Waals surface area contributed by atoms with Crippen LogP contribution >= 0.6 is 11.6 Å². The highest BCUT2D eigenvalue weighted by molar-refractivity contribution is 6.31. The zero-order chi connectivity index (χ0) is 21.7. The zero-order valence-corrected chi connectivity index (χ0v) is 17.5. The lowest BCUT2D eigenvalue weighted by Crippen LogP contribution is -2.54. The lowest BCUT2D eigenvalue weighted by atomic mass is 9.82.